The van der Waals surface area contributed by atoms with Gasteiger partial charge in [0.15, 0.2) is 0 Å². The van der Waals surface area contributed by atoms with Crippen molar-refractivity contribution in [3.05, 3.63) is 187 Å². The van der Waals surface area contributed by atoms with Gasteiger partial charge in [-0.15, -0.1) is 53.6 Å². The summed E-state index contributed by atoms with van der Waals surface area (Å²) < 4.78 is 16.8. The fourth-order valence-electron chi connectivity index (χ4n) is 8.18. The number of pyridine rings is 2. The van der Waals surface area contributed by atoms with E-state index >= 15 is 0 Å². The van der Waals surface area contributed by atoms with Gasteiger partial charge >= 0.3 is 0 Å². The zero-order valence-corrected chi connectivity index (χ0v) is 41.9. The molecule has 7 heteroatoms. The second kappa shape index (κ2) is 18.3. The molecule has 327 valence electrons. The molecule has 6 aromatic carbocycles. The molecule has 0 unspecified atom stereocenters. The van der Waals surface area contributed by atoms with E-state index in [1.54, 1.807) is 0 Å². The maximum Gasteiger partial charge on any atom is 0.216 e. The number of rotatable bonds is 7. The molecule has 0 atom stereocenters. The summed E-state index contributed by atoms with van der Waals surface area (Å²) in [6.07, 6.45) is 2.00. The Morgan fingerprint density at radius 3 is 1.97 bits per heavy atom. The maximum atomic E-state index is 8.01. The van der Waals surface area contributed by atoms with Gasteiger partial charge in [0.05, 0.1) is 36.2 Å². The molecular weight excluding hydrogens is 989 g/mol. The predicted molar refractivity (Wildman–Crippen MR) is 270 cm³/mol. The van der Waals surface area contributed by atoms with Crippen LogP contribution in [-0.4, -0.2) is 27.6 Å². The van der Waals surface area contributed by atoms with Gasteiger partial charge in [0.25, 0.3) is 0 Å². The molecule has 5 nitrogen and oxygen atoms in total. The summed E-state index contributed by atoms with van der Waals surface area (Å²) in [5.74, 6) is 0.194. The van der Waals surface area contributed by atoms with E-state index in [1.165, 1.54) is 10.8 Å². The van der Waals surface area contributed by atoms with E-state index in [2.05, 4.69) is 177 Å². The summed E-state index contributed by atoms with van der Waals surface area (Å²) in [4.78, 5) is 14.6. The quantitative estimate of drug-likeness (QED) is 0.118. The molecule has 0 aliphatic rings. The van der Waals surface area contributed by atoms with Crippen LogP contribution in [0, 0.1) is 19.1 Å². The van der Waals surface area contributed by atoms with Crippen molar-refractivity contribution in [3.63, 3.8) is 0 Å². The number of benzene rings is 6. The van der Waals surface area contributed by atoms with E-state index in [1.807, 2.05) is 63.4 Å². The number of aromatic nitrogens is 4. The third kappa shape index (κ3) is 9.19. The van der Waals surface area contributed by atoms with Crippen LogP contribution in [0.2, 0.25) is 19.6 Å². The number of imidazole rings is 1. The van der Waals surface area contributed by atoms with Crippen LogP contribution in [0.3, 0.4) is 0 Å². The standard InChI is InChI=1S/C41H32N3O.C17H22NSi.Ir/c1-26-22-23-31-30-18-13-19-32(38(30)45-40(31)42-26)39-43-35-20-11-12-21-36(35)44(39)37-33(27-14-7-5-8-15-27)24-29(41(2,3)4)25-34(37)28-16-9-6-10-17-28;1-13(2)14-6-8-15(9-7-14)17-11-10-16(12-18-17)19(3,4)5;/h5-18,20-25H,1-4H3;6-8,10-13H,1-5H3;/q2*-1;/i;13D;. The molecule has 4 heterocycles. The van der Waals surface area contributed by atoms with Gasteiger partial charge in [-0.2, -0.15) is 0 Å². The number of furan rings is 1. The van der Waals surface area contributed by atoms with Crippen LogP contribution in [0.25, 0.3) is 83.7 Å². The van der Waals surface area contributed by atoms with Crippen LogP contribution in [0.5, 0.6) is 0 Å². The second-order valence-corrected chi connectivity index (χ2v) is 23.9. The van der Waals surface area contributed by atoms with Gasteiger partial charge < -0.3 is 14.0 Å². The van der Waals surface area contributed by atoms with Gasteiger partial charge in [-0.05, 0) is 76.3 Å². The first-order valence-electron chi connectivity index (χ1n) is 22.5. The molecule has 0 aliphatic carbocycles. The van der Waals surface area contributed by atoms with Gasteiger partial charge in [0, 0.05) is 49.9 Å². The predicted octanol–water partition coefficient (Wildman–Crippen LogP) is 14.9. The first-order chi connectivity index (χ1) is 31.0. The Bertz CT molecular complexity index is 3190. The van der Waals surface area contributed by atoms with Crippen molar-refractivity contribution < 1.29 is 25.9 Å². The van der Waals surface area contributed by atoms with Crippen molar-refractivity contribution in [2.75, 3.05) is 0 Å². The smallest absolute Gasteiger partial charge is 0.216 e. The van der Waals surface area contributed by atoms with Crippen LogP contribution >= 0.6 is 0 Å². The van der Waals surface area contributed by atoms with Gasteiger partial charge in [-0.1, -0.05) is 156 Å². The average molecular weight is 1040 g/mol. The second-order valence-electron chi connectivity index (χ2n) is 18.8. The maximum absolute atomic E-state index is 8.01. The van der Waals surface area contributed by atoms with Crippen molar-refractivity contribution in [1.29, 1.82) is 0 Å². The van der Waals surface area contributed by atoms with Gasteiger partial charge in [0.1, 0.15) is 0 Å². The summed E-state index contributed by atoms with van der Waals surface area (Å²) in [6, 6.07) is 59.5. The SMILES string of the molecule is Cc1ccc2c(n1)oc1c(-c3nc4ccccc4n3-c3c(-c4ccccc4)cc(C(C)(C)C)cc3-c3ccccc3)[c-]ccc12.[2H]C(C)(C)c1c[c-]c(-c2ccc([Si](C)(C)C)cn2)cc1.[Ir]. The van der Waals surface area contributed by atoms with E-state index in [4.69, 9.17) is 15.8 Å². The van der Waals surface area contributed by atoms with Crippen molar-refractivity contribution in [2.45, 2.75) is 72.5 Å². The van der Waals surface area contributed by atoms with E-state index < -0.39 is 14.0 Å². The van der Waals surface area contributed by atoms with Crippen molar-refractivity contribution in [3.8, 4) is 50.6 Å². The van der Waals surface area contributed by atoms with Crippen LogP contribution in [0.4, 0.5) is 0 Å². The molecule has 4 aromatic heterocycles. The number of hydrogen-bond donors (Lipinski definition) is 0. The monoisotopic (exact) mass is 1040 g/mol. The minimum atomic E-state index is -1.29. The average Bonchev–Trinajstić information content (AvgIpc) is 3.87. The molecule has 0 amide bonds. The molecule has 0 N–H and O–H groups in total. The zero-order chi connectivity index (χ0) is 45.7. The van der Waals surface area contributed by atoms with Crippen LogP contribution in [-0.2, 0) is 25.5 Å². The minimum Gasteiger partial charge on any atom is -0.486 e. The van der Waals surface area contributed by atoms with E-state index in [0.29, 0.717) is 5.71 Å². The molecule has 0 saturated carbocycles. The Kier molecular flexibility index (Phi) is 12.4. The summed E-state index contributed by atoms with van der Waals surface area (Å²) in [5.41, 5.74) is 14.7. The van der Waals surface area contributed by atoms with Crippen molar-refractivity contribution in [2.24, 2.45) is 0 Å². The van der Waals surface area contributed by atoms with E-state index in [0.717, 1.165) is 89.2 Å². The normalized spacial score (nSPS) is 12.2. The van der Waals surface area contributed by atoms with Gasteiger partial charge in [0.2, 0.25) is 5.71 Å². The molecule has 0 bridgehead atoms. The summed E-state index contributed by atoms with van der Waals surface area (Å²) in [7, 11) is -1.29. The van der Waals surface area contributed by atoms with Gasteiger partial charge in [-0.3, -0.25) is 4.98 Å². The molecule has 0 fully saturated rings. The third-order valence-corrected chi connectivity index (χ3v) is 13.9. The number of aryl methyl sites for hydroxylation is 1. The summed E-state index contributed by atoms with van der Waals surface area (Å²) in [5, 5.41) is 3.35. The van der Waals surface area contributed by atoms with E-state index in [-0.39, 0.29) is 25.5 Å². The van der Waals surface area contributed by atoms with Crippen LogP contribution in [0.15, 0.2) is 162 Å². The first-order valence-corrected chi connectivity index (χ1v) is 25.5. The van der Waals surface area contributed by atoms with Crippen molar-refractivity contribution >= 4 is 46.4 Å². The summed E-state index contributed by atoms with van der Waals surface area (Å²) >= 11 is 0. The molecule has 10 rings (SSSR count). The zero-order valence-electron chi connectivity index (χ0n) is 39.5. The Hall–Kier alpha value is -6.24. The molecule has 0 aliphatic heterocycles. The Morgan fingerprint density at radius 2 is 1.38 bits per heavy atom. The Labute approximate surface area is 399 Å². The number of fused-ring (bicyclic) bond motifs is 4. The molecule has 1 radical (unpaired) electrons. The molecule has 0 saturated heterocycles. The number of hydrogen-bond acceptors (Lipinski definition) is 4. The molecule has 0 spiro atoms. The Morgan fingerprint density at radius 1 is 0.723 bits per heavy atom. The molecule has 65 heavy (non-hydrogen) atoms. The van der Waals surface area contributed by atoms with E-state index in [9.17, 15) is 0 Å². The van der Waals surface area contributed by atoms with Gasteiger partial charge in [-0.25, -0.2) is 4.98 Å². The molecular formula is C58H54IrN4OSi-2. The number of nitrogens with zero attached hydrogens (tertiary/aromatic N) is 4. The first kappa shape index (κ1) is 44.0. The topological polar surface area (TPSA) is 56.7 Å². The fourth-order valence-corrected chi connectivity index (χ4v) is 9.21. The van der Waals surface area contributed by atoms with Crippen molar-refractivity contribution in [1.82, 2.24) is 19.5 Å². The number of para-hydroxylation sites is 2. The Balaban J connectivity index is 0.000000238. The fraction of sp³-hybridized carbons (Fsp3) is 0.190. The van der Waals surface area contributed by atoms with Crippen LogP contribution < -0.4 is 5.19 Å². The minimum absolute atomic E-state index is 0. The largest absolute Gasteiger partial charge is 0.486 e. The van der Waals surface area contributed by atoms with Crippen LogP contribution in [0.1, 0.15) is 58.7 Å². The summed E-state index contributed by atoms with van der Waals surface area (Å²) in [6.45, 7) is 19.5. The third-order valence-electron chi connectivity index (χ3n) is 11.9. The molecule has 10 aromatic rings.